The molecule has 0 heterocycles. The molecule has 0 fully saturated rings. The van der Waals surface area contributed by atoms with Crippen LogP contribution in [0.4, 0.5) is 0 Å². The van der Waals surface area contributed by atoms with E-state index in [-0.39, 0.29) is 49.7 Å². The van der Waals surface area contributed by atoms with E-state index < -0.39 is 23.9 Å². The van der Waals surface area contributed by atoms with Gasteiger partial charge in [-0.15, -0.1) is 0 Å². The van der Waals surface area contributed by atoms with E-state index in [1.165, 1.54) is 12.1 Å². The summed E-state index contributed by atoms with van der Waals surface area (Å²) in [4.78, 5) is 49.3. The van der Waals surface area contributed by atoms with Crippen molar-refractivity contribution in [1.29, 1.82) is 0 Å². The van der Waals surface area contributed by atoms with Gasteiger partial charge in [0.15, 0.2) is 11.5 Å². The molecule has 0 spiro atoms. The van der Waals surface area contributed by atoms with Crippen LogP contribution in [-0.4, -0.2) is 56.1 Å². The van der Waals surface area contributed by atoms with Crippen molar-refractivity contribution in [3.8, 4) is 11.5 Å². The zero-order chi connectivity index (χ0) is 26.8. The molecule has 11 heteroatoms. The Labute approximate surface area is 212 Å². The van der Waals surface area contributed by atoms with Crippen LogP contribution in [0.25, 0.3) is 0 Å². The lowest BCUT2D eigenvalue weighted by Gasteiger charge is -2.19. The first-order valence-corrected chi connectivity index (χ1v) is 12.4. The van der Waals surface area contributed by atoms with Gasteiger partial charge in [0.25, 0.3) is 0 Å². The summed E-state index contributed by atoms with van der Waals surface area (Å²) < 4.78 is 16.1. The quantitative estimate of drug-likeness (QED) is 0.127. The number of amides is 1. The van der Waals surface area contributed by atoms with Crippen LogP contribution >= 0.6 is 0 Å². The number of ether oxygens (including phenoxy) is 3. The fraction of sp³-hybridized carbons (Fsp3) is 0.600. The third kappa shape index (κ3) is 12.6. The highest BCUT2D eigenvalue weighted by Crippen LogP contribution is 2.30. The third-order valence-corrected chi connectivity index (χ3v) is 5.04. The summed E-state index contributed by atoms with van der Waals surface area (Å²) >= 11 is 0. The molecule has 1 unspecified atom stereocenters. The molecule has 0 radical (unpaired) electrons. The van der Waals surface area contributed by atoms with Crippen LogP contribution in [0.5, 0.6) is 11.5 Å². The molecule has 0 aromatic heterocycles. The number of rotatable bonds is 18. The Morgan fingerprint density at radius 1 is 0.833 bits per heavy atom. The zero-order valence-corrected chi connectivity index (χ0v) is 21.1. The van der Waals surface area contributed by atoms with Crippen molar-refractivity contribution in [2.45, 2.75) is 70.8 Å². The smallest absolute Gasteiger partial charge is 0.328 e. The highest BCUT2D eigenvalue weighted by Gasteiger charge is 2.24. The molecule has 0 saturated carbocycles. The Morgan fingerprint density at radius 3 is 2.00 bits per heavy atom. The highest BCUT2D eigenvalue weighted by molar-refractivity contribution is 5.84. The number of hydrogen-bond acceptors (Lipinski definition) is 10. The largest absolute Gasteiger partial charge is 0.464 e. The second kappa shape index (κ2) is 18.3. The van der Waals surface area contributed by atoms with Crippen LogP contribution in [0.15, 0.2) is 18.2 Å². The molecule has 0 aliphatic heterocycles. The summed E-state index contributed by atoms with van der Waals surface area (Å²) in [5.41, 5.74) is 16.9. The van der Waals surface area contributed by atoms with Gasteiger partial charge in [-0.2, -0.15) is 0 Å². The van der Waals surface area contributed by atoms with E-state index in [0.717, 1.165) is 6.42 Å². The number of nitrogens with two attached hydrogens (primary N) is 3. The molecule has 7 N–H and O–H groups in total. The Balaban J connectivity index is 3.12. The minimum atomic E-state index is -0.953. The number of carbonyl (C=O) groups excluding carboxylic acids is 4. The molecule has 1 aromatic rings. The molecular formula is C25H40N4O7. The number of carbonyl (C=O) groups is 4. The van der Waals surface area contributed by atoms with E-state index in [4.69, 9.17) is 31.4 Å². The number of nitrogens with one attached hydrogen (secondary N) is 1. The van der Waals surface area contributed by atoms with E-state index in [1.54, 1.807) is 6.07 Å². The lowest BCUT2D eigenvalue weighted by atomic mass is 10.0. The number of hydrogen-bond donors (Lipinski definition) is 4. The maximum absolute atomic E-state index is 12.7. The second-order valence-electron chi connectivity index (χ2n) is 8.25. The molecule has 0 aliphatic rings. The van der Waals surface area contributed by atoms with Gasteiger partial charge in [-0.25, -0.2) is 4.79 Å². The molecule has 1 rings (SSSR count). The molecule has 0 aliphatic carbocycles. The summed E-state index contributed by atoms with van der Waals surface area (Å²) in [5, 5.41) is 2.70. The van der Waals surface area contributed by atoms with Crippen molar-refractivity contribution in [1.82, 2.24) is 5.32 Å². The predicted octanol–water partition coefficient (Wildman–Crippen LogP) is 1.08. The van der Waals surface area contributed by atoms with Gasteiger partial charge in [0.2, 0.25) is 5.91 Å². The fourth-order valence-corrected chi connectivity index (χ4v) is 3.06. The van der Waals surface area contributed by atoms with Gasteiger partial charge in [0.05, 0.1) is 6.61 Å². The van der Waals surface area contributed by atoms with E-state index in [2.05, 4.69) is 5.32 Å². The van der Waals surface area contributed by atoms with Crippen molar-refractivity contribution in [2.24, 2.45) is 17.2 Å². The van der Waals surface area contributed by atoms with Gasteiger partial charge < -0.3 is 36.7 Å². The van der Waals surface area contributed by atoms with Gasteiger partial charge in [-0.1, -0.05) is 19.4 Å². The maximum Gasteiger partial charge on any atom is 0.328 e. The number of benzene rings is 1. The van der Waals surface area contributed by atoms with E-state index in [1.807, 2.05) is 6.92 Å². The van der Waals surface area contributed by atoms with E-state index in [9.17, 15) is 19.2 Å². The summed E-state index contributed by atoms with van der Waals surface area (Å²) in [6, 6.07) is 3.66. The van der Waals surface area contributed by atoms with Crippen LogP contribution in [0.2, 0.25) is 0 Å². The highest BCUT2D eigenvalue weighted by atomic mass is 16.6. The zero-order valence-electron chi connectivity index (χ0n) is 21.1. The molecule has 202 valence electrons. The monoisotopic (exact) mass is 508 g/mol. The van der Waals surface area contributed by atoms with Gasteiger partial charge in [0, 0.05) is 25.7 Å². The van der Waals surface area contributed by atoms with Crippen LogP contribution < -0.4 is 32.0 Å². The van der Waals surface area contributed by atoms with Crippen molar-refractivity contribution in [3.63, 3.8) is 0 Å². The number of unbranched alkanes of at least 4 members (excludes halogenated alkanes) is 1. The predicted molar refractivity (Wildman–Crippen MR) is 134 cm³/mol. The van der Waals surface area contributed by atoms with Crippen molar-refractivity contribution < 1.29 is 33.4 Å². The van der Waals surface area contributed by atoms with Crippen molar-refractivity contribution >= 4 is 23.8 Å². The summed E-state index contributed by atoms with van der Waals surface area (Å²) in [6.45, 7) is 3.22. The average Bonchev–Trinajstić information content (AvgIpc) is 2.86. The minimum Gasteiger partial charge on any atom is -0.464 e. The normalized spacial score (nSPS) is 11.4. The molecule has 1 aromatic carbocycles. The van der Waals surface area contributed by atoms with Crippen LogP contribution in [0, 0.1) is 0 Å². The van der Waals surface area contributed by atoms with Crippen molar-refractivity contribution in [2.75, 3.05) is 26.2 Å². The number of esters is 3. The standard InChI is InChI=1S/C25H40N4O7/c1-2-3-15-34-25(33)19(29-22(30)7-4-12-26)16-18-10-11-20(35-23(31)8-5-13-27)21(17-18)36-24(32)9-6-14-28/h10-11,17,19H,2-9,12-16,26-28H2,1H3,(H,29,30). The lowest BCUT2D eigenvalue weighted by Crippen LogP contribution is -2.43. The van der Waals surface area contributed by atoms with Crippen LogP contribution in [0.3, 0.4) is 0 Å². The minimum absolute atomic E-state index is 0.0307. The van der Waals surface area contributed by atoms with E-state index >= 15 is 0 Å². The summed E-state index contributed by atoms with van der Waals surface area (Å²) in [7, 11) is 0. The molecule has 0 saturated heterocycles. The summed E-state index contributed by atoms with van der Waals surface area (Å²) in [6.07, 6.45) is 3.38. The average molecular weight is 509 g/mol. The van der Waals surface area contributed by atoms with Gasteiger partial charge >= 0.3 is 17.9 Å². The first kappa shape index (κ1) is 31.0. The van der Waals surface area contributed by atoms with Crippen molar-refractivity contribution in [3.05, 3.63) is 23.8 Å². The Kier molecular flexibility index (Phi) is 15.7. The van der Waals surface area contributed by atoms with Gasteiger partial charge in [0.1, 0.15) is 6.04 Å². The maximum atomic E-state index is 12.7. The topological polar surface area (TPSA) is 186 Å². The van der Waals surface area contributed by atoms with Crippen LogP contribution in [0.1, 0.15) is 63.9 Å². The second-order valence-corrected chi connectivity index (χ2v) is 8.25. The Bertz CT molecular complexity index is 848. The molecule has 1 amide bonds. The molecule has 1 atom stereocenters. The fourth-order valence-electron chi connectivity index (χ4n) is 3.06. The Morgan fingerprint density at radius 2 is 1.42 bits per heavy atom. The molecular weight excluding hydrogens is 468 g/mol. The third-order valence-electron chi connectivity index (χ3n) is 5.04. The lowest BCUT2D eigenvalue weighted by molar-refractivity contribution is -0.148. The van der Waals surface area contributed by atoms with Gasteiger partial charge in [-0.3, -0.25) is 14.4 Å². The Hall–Kier alpha value is -3.02. The molecule has 36 heavy (non-hydrogen) atoms. The van der Waals surface area contributed by atoms with Crippen LogP contribution in [-0.2, 0) is 30.3 Å². The SMILES string of the molecule is CCCCOC(=O)C(Cc1ccc(OC(=O)CCCN)c(OC(=O)CCCN)c1)NC(=O)CCCN. The van der Waals surface area contributed by atoms with Gasteiger partial charge in [-0.05, 0) is 63.0 Å². The first-order chi connectivity index (χ1) is 17.3. The summed E-state index contributed by atoms with van der Waals surface area (Å²) in [5.74, 6) is -1.85. The molecule has 11 nitrogen and oxygen atoms in total. The van der Waals surface area contributed by atoms with E-state index in [0.29, 0.717) is 50.9 Å². The molecule has 0 bridgehead atoms. The first-order valence-electron chi connectivity index (χ1n) is 12.4.